The van der Waals surface area contributed by atoms with Gasteiger partial charge in [0.2, 0.25) is 0 Å². The molecular formula is C28H36BFO8. The number of hydrogen-bond donors (Lipinski definition) is 2. The van der Waals surface area contributed by atoms with Gasteiger partial charge in [-0.3, -0.25) is 4.79 Å². The smallest absolute Gasteiger partial charge is 0.479 e. The highest BCUT2D eigenvalue weighted by molar-refractivity contribution is 6.61. The Morgan fingerprint density at radius 1 is 1.29 bits per heavy atom. The van der Waals surface area contributed by atoms with E-state index in [0.717, 1.165) is 19.1 Å². The maximum atomic E-state index is 14.9. The number of carbonyl (C=O) groups excluding carboxylic acids is 3. The summed E-state index contributed by atoms with van der Waals surface area (Å²) in [6.45, 7) is 7.14. The quantitative estimate of drug-likeness (QED) is 0.338. The second-order valence-corrected chi connectivity index (χ2v) is 12.4. The van der Waals surface area contributed by atoms with Crippen LogP contribution in [0.3, 0.4) is 0 Å². The number of carbonyl (C=O) groups is 3. The molecule has 0 amide bonds. The van der Waals surface area contributed by atoms with E-state index in [1.54, 1.807) is 13.0 Å². The van der Waals surface area contributed by atoms with Crippen molar-refractivity contribution in [3.8, 4) is 5.75 Å². The molecule has 8 unspecified atom stereocenters. The van der Waals surface area contributed by atoms with Gasteiger partial charge in [-0.15, -0.1) is 0 Å². The lowest BCUT2D eigenvalue weighted by Crippen LogP contribution is -2.63. The number of esters is 1. The molecular weight excluding hydrogens is 494 g/mol. The third-order valence-electron chi connectivity index (χ3n) is 10.6. The maximum Gasteiger partial charge on any atom is 0.494 e. The number of benzene rings is 1. The molecule has 4 aliphatic rings. The van der Waals surface area contributed by atoms with Crippen LogP contribution in [0.5, 0.6) is 5.75 Å². The predicted molar refractivity (Wildman–Crippen MR) is 135 cm³/mol. The van der Waals surface area contributed by atoms with E-state index >= 15 is 0 Å². The van der Waals surface area contributed by atoms with E-state index < -0.39 is 59.9 Å². The third kappa shape index (κ3) is 3.85. The second kappa shape index (κ2) is 9.42. The Kier molecular flexibility index (Phi) is 6.76. The van der Waals surface area contributed by atoms with E-state index in [0.29, 0.717) is 18.4 Å². The van der Waals surface area contributed by atoms with Crippen molar-refractivity contribution >= 4 is 30.6 Å². The van der Waals surface area contributed by atoms with Crippen molar-refractivity contribution in [1.82, 2.24) is 0 Å². The summed E-state index contributed by atoms with van der Waals surface area (Å²) >= 11 is 0. The van der Waals surface area contributed by atoms with Crippen LogP contribution in [0.15, 0.2) is 12.1 Å². The Labute approximate surface area is 222 Å². The van der Waals surface area contributed by atoms with Crippen molar-refractivity contribution in [2.24, 2.45) is 34.0 Å². The molecule has 0 radical (unpaired) electrons. The van der Waals surface area contributed by atoms with Crippen LogP contribution in [0.4, 0.5) is 4.39 Å². The number of aldehydes is 1. The molecule has 0 saturated heterocycles. The van der Waals surface area contributed by atoms with Crippen LogP contribution in [-0.2, 0) is 30.4 Å². The van der Waals surface area contributed by atoms with Crippen molar-refractivity contribution in [2.45, 2.75) is 78.6 Å². The van der Waals surface area contributed by atoms with Gasteiger partial charge in [0.05, 0.1) is 18.1 Å². The molecule has 5 rings (SSSR count). The molecule has 3 aliphatic carbocycles. The van der Waals surface area contributed by atoms with Crippen molar-refractivity contribution in [1.29, 1.82) is 0 Å². The normalized spacial score (nSPS) is 40.1. The minimum Gasteiger partial charge on any atom is -0.479 e. The lowest BCUT2D eigenvalue weighted by molar-refractivity contribution is -0.210. The van der Waals surface area contributed by atoms with E-state index in [9.17, 15) is 28.9 Å². The van der Waals surface area contributed by atoms with Crippen LogP contribution in [-0.4, -0.2) is 54.1 Å². The van der Waals surface area contributed by atoms with Gasteiger partial charge in [0.25, 0.3) is 0 Å². The number of halogens is 1. The van der Waals surface area contributed by atoms with Crippen LogP contribution in [0.1, 0.15) is 65.4 Å². The summed E-state index contributed by atoms with van der Waals surface area (Å²) in [6.07, 6.45) is 1.59. The van der Waals surface area contributed by atoms with E-state index in [4.69, 9.17) is 14.1 Å². The summed E-state index contributed by atoms with van der Waals surface area (Å²) in [5.41, 5.74) is -1.92. The van der Waals surface area contributed by atoms with Crippen molar-refractivity contribution < 1.29 is 43.0 Å². The van der Waals surface area contributed by atoms with Crippen LogP contribution in [0.25, 0.3) is 0 Å². The first-order valence-corrected chi connectivity index (χ1v) is 13.5. The van der Waals surface area contributed by atoms with Gasteiger partial charge in [0.1, 0.15) is 18.2 Å². The first-order chi connectivity index (χ1) is 17.9. The molecule has 1 aromatic carbocycles. The highest BCUT2D eigenvalue weighted by atomic mass is 19.1. The molecule has 0 spiro atoms. The Morgan fingerprint density at radius 2 is 2.03 bits per heavy atom. The number of fused-ring (bicyclic) bond motifs is 1. The van der Waals surface area contributed by atoms with Gasteiger partial charge in [0.15, 0.2) is 18.2 Å². The second-order valence-electron chi connectivity index (χ2n) is 12.4. The molecule has 1 aromatic rings. The molecule has 0 aromatic heterocycles. The fourth-order valence-electron chi connectivity index (χ4n) is 8.11. The van der Waals surface area contributed by atoms with Crippen LogP contribution in [0, 0.1) is 39.8 Å². The minimum atomic E-state index is -1.40. The fraction of sp³-hybridized carbons (Fsp3) is 0.679. The molecule has 3 saturated carbocycles. The monoisotopic (exact) mass is 530 g/mol. The lowest BCUT2D eigenvalue weighted by atomic mass is 9.44. The molecule has 2 bridgehead atoms. The van der Waals surface area contributed by atoms with Gasteiger partial charge in [-0.1, -0.05) is 33.8 Å². The summed E-state index contributed by atoms with van der Waals surface area (Å²) in [7, 11) is -1.40. The van der Waals surface area contributed by atoms with Gasteiger partial charge < -0.3 is 29.1 Å². The third-order valence-corrected chi connectivity index (χ3v) is 10.6. The van der Waals surface area contributed by atoms with Gasteiger partial charge >= 0.3 is 13.1 Å². The summed E-state index contributed by atoms with van der Waals surface area (Å²) < 4.78 is 31.4. The average Bonchev–Trinajstić information content (AvgIpc) is 3.45. The van der Waals surface area contributed by atoms with E-state index in [1.807, 2.05) is 13.8 Å². The maximum absolute atomic E-state index is 14.9. The van der Waals surface area contributed by atoms with Gasteiger partial charge in [-0.25, -0.2) is 9.18 Å². The first kappa shape index (κ1) is 27.3. The number of ether oxygens (including phenoxy) is 2. The molecule has 1 aliphatic heterocycles. The highest BCUT2D eigenvalue weighted by Crippen LogP contribution is 2.67. The highest BCUT2D eigenvalue weighted by Gasteiger charge is 2.68. The van der Waals surface area contributed by atoms with Crippen LogP contribution in [0.2, 0.25) is 0 Å². The average molecular weight is 530 g/mol. The summed E-state index contributed by atoms with van der Waals surface area (Å²) in [6, 6.07) is 2.94. The van der Waals surface area contributed by atoms with Crippen LogP contribution >= 0.6 is 0 Å². The number of ketones is 1. The molecule has 2 N–H and O–H groups in total. The van der Waals surface area contributed by atoms with Gasteiger partial charge in [-0.05, 0) is 54.6 Å². The standard InChI is InChI=1S/C28H36BFO8/c1-15-7-9-28-10-8-18(32)24(28)27(15,4)20(11-26(3,14-31)25(34)16(28)2)38-21(33)13-36-19-6-5-17-12-37-29(35)22(17)23(19)30/h5-6,14-16,20,24-25,34-35H,7-13H2,1-4H3. The summed E-state index contributed by atoms with van der Waals surface area (Å²) in [4.78, 5) is 39.0. The zero-order chi connectivity index (χ0) is 27.6. The number of rotatable bonds is 5. The molecule has 3 fully saturated rings. The van der Waals surface area contributed by atoms with E-state index in [1.165, 1.54) is 6.07 Å². The molecule has 8 nitrogen and oxygen atoms in total. The largest absolute Gasteiger partial charge is 0.494 e. The molecule has 1 heterocycles. The molecule has 10 heteroatoms. The minimum absolute atomic E-state index is 0.0135. The molecule has 206 valence electrons. The first-order valence-electron chi connectivity index (χ1n) is 13.5. The van der Waals surface area contributed by atoms with E-state index in [2.05, 4.69) is 6.92 Å². The summed E-state index contributed by atoms with van der Waals surface area (Å²) in [5.74, 6) is -2.32. The Hall–Kier alpha value is -2.30. The fourth-order valence-corrected chi connectivity index (χ4v) is 8.11. The van der Waals surface area contributed by atoms with Gasteiger partial charge in [0, 0.05) is 23.2 Å². The van der Waals surface area contributed by atoms with Gasteiger partial charge in [-0.2, -0.15) is 0 Å². The SMILES string of the molecule is CC1C(O)C(C)(C=O)CC(OC(=O)COc2ccc3c(c2F)B(O)OC3)C2(C)C(C)CCC13CCC(=O)C32. The Balaban J connectivity index is 1.44. The van der Waals surface area contributed by atoms with Crippen molar-refractivity contribution in [3.05, 3.63) is 23.5 Å². The molecule has 8 atom stereocenters. The van der Waals surface area contributed by atoms with Crippen molar-refractivity contribution in [2.75, 3.05) is 6.61 Å². The zero-order valence-electron chi connectivity index (χ0n) is 22.4. The Morgan fingerprint density at radius 3 is 2.74 bits per heavy atom. The topological polar surface area (TPSA) is 119 Å². The van der Waals surface area contributed by atoms with Crippen LogP contribution < -0.4 is 10.2 Å². The molecule has 38 heavy (non-hydrogen) atoms. The Bertz CT molecular complexity index is 1160. The predicted octanol–water partition coefficient (Wildman–Crippen LogP) is 2.34. The summed E-state index contributed by atoms with van der Waals surface area (Å²) in [5, 5.41) is 21.3. The number of hydrogen-bond acceptors (Lipinski definition) is 8. The number of aliphatic hydroxyl groups is 1. The number of Topliss-reactive ketones (excluding diaryl/α,β-unsaturated/α-hetero) is 1. The lowest BCUT2D eigenvalue weighted by Gasteiger charge is -2.61. The zero-order valence-corrected chi connectivity index (χ0v) is 22.4. The number of aliphatic hydroxyl groups excluding tert-OH is 1. The van der Waals surface area contributed by atoms with E-state index in [-0.39, 0.29) is 41.9 Å². The van der Waals surface area contributed by atoms with Crippen molar-refractivity contribution in [3.63, 3.8) is 0 Å².